The molecule has 0 spiro atoms. The number of thioether (sulfide) groups is 1. The van der Waals surface area contributed by atoms with E-state index in [0.717, 1.165) is 0 Å². The van der Waals surface area contributed by atoms with Gasteiger partial charge in [0.1, 0.15) is 6.04 Å². The fraction of sp³-hybridized carbons (Fsp3) is 0.556. The van der Waals surface area contributed by atoms with Gasteiger partial charge in [-0.3, -0.25) is 0 Å². The lowest BCUT2D eigenvalue weighted by molar-refractivity contribution is -0.140. The topological polar surface area (TPSA) is 109 Å². The number of amides is 2. The molecule has 1 unspecified atom stereocenters. The average molecular weight is 272 g/mol. The number of nitrogens with zero attached hydrogens (tertiary/aromatic N) is 3. The van der Waals surface area contributed by atoms with E-state index in [1.54, 1.807) is 0 Å². The lowest BCUT2D eigenvalue weighted by Gasteiger charge is -2.20. The predicted molar refractivity (Wildman–Crippen MR) is 62.0 cm³/mol. The maximum atomic E-state index is 11.8. The third kappa shape index (κ3) is 2.92. The fourth-order valence-electron chi connectivity index (χ4n) is 1.53. The van der Waals surface area contributed by atoms with Crippen LogP contribution in [0.3, 0.4) is 0 Å². The van der Waals surface area contributed by atoms with Crippen LogP contribution >= 0.6 is 11.8 Å². The molecule has 2 rings (SSSR count). The Labute approximate surface area is 107 Å². The first kappa shape index (κ1) is 12.7. The predicted octanol–water partition coefficient (Wildman–Crippen LogP) is -0.219. The van der Waals surface area contributed by atoms with Crippen LogP contribution in [-0.2, 0) is 11.2 Å². The Kier molecular flexibility index (Phi) is 4.03. The highest BCUT2D eigenvalue weighted by molar-refractivity contribution is 7.99. The van der Waals surface area contributed by atoms with Crippen molar-refractivity contribution in [1.29, 1.82) is 0 Å². The van der Waals surface area contributed by atoms with Gasteiger partial charge in [0.15, 0.2) is 5.82 Å². The Hall–Kier alpha value is -1.77. The van der Waals surface area contributed by atoms with E-state index >= 15 is 0 Å². The summed E-state index contributed by atoms with van der Waals surface area (Å²) in [5.74, 6) is 0.340. The maximum absolute atomic E-state index is 11.8. The van der Waals surface area contributed by atoms with Crippen molar-refractivity contribution in [2.24, 2.45) is 0 Å². The molecule has 1 aromatic heterocycles. The van der Waals surface area contributed by atoms with Gasteiger partial charge in [0.25, 0.3) is 0 Å². The third-order valence-corrected chi connectivity index (χ3v) is 3.47. The van der Waals surface area contributed by atoms with Crippen LogP contribution in [0, 0.1) is 0 Å². The summed E-state index contributed by atoms with van der Waals surface area (Å²) in [6, 6.07) is -1.13. The lowest BCUT2D eigenvalue weighted by atomic mass is 10.3. The number of rotatable bonds is 4. The van der Waals surface area contributed by atoms with Crippen molar-refractivity contribution < 1.29 is 19.2 Å². The van der Waals surface area contributed by atoms with Gasteiger partial charge in [0.05, 0.1) is 5.88 Å². The van der Waals surface area contributed by atoms with Crippen LogP contribution in [0.2, 0.25) is 0 Å². The van der Waals surface area contributed by atoms with Crippen LogP contribution in [0.1, 0.15) is 5.82 Å². The molecule has 0 aromatic carbocycles. The summed E-state index contributed by atoms with van der Waals surface area (Å²) < 4.78 is 4.56. The highest BCUT2D eigenvalue weighted by Gasteiger charge is 2.34. The molecular weight excluding hydrogens is 260 g/mol. The van der Waals surface area contributed by atoms with Crippen molar-refractivity contribution in [3.8, 4) is 0 Å². The van der Waals surface area contributed by atoms with Gasteiger partial charge in [-0.25, -0.2) is 9.59 Å². The van der Waals surface area contributed by atoms with Crippen LogP contribution in [-0.4, -0.2) is 56.4 Å². The molecule has 0 bridgehead atoms. The van der Waals surface area contributed by atoms with E-state index in [2.05, 4.69) is 20.0 Å². The van der Waals surface area contributed by atoms with Crippen LogP contribution < -0.4 is 5.32 Å². The smallest absolute Gasteiger partial charge is 0.327 e. The summed E-state index contributed by atoms with van der Waals surface area (Å²) in [7, 11) is 0. The molecule has 1 fully saturated rings. The molecular formula is C9H12N4O4S. The van der Waals surface area contributed by atoms with E-state index < -0.39 is 12.0 Å². The number of aliphatic carboxylic acids is 1. The molecule has 1 aliphatic heterocycles. The minimum atomic E-state index is -0.978. The summed E-state index contributed by atoms with van der Waals surface area (Å²) in [4.78, 5) is 27.8. The van der Waals surface area contributed by atoms with Gasteiger partial charge in [0, 0.05) is 18.7 Å². The number of urea groups is 1. The average Bonchev–Trinajstić information content (AvgIpc) is 2.99. The van der Waals surface area contributed by atoms with Crippen molar-refractivity contribution in [3.05, 3.63) is 12.2 Å². The fourth-order valence-corrected chi connectivity index (χ4v) is 2.68. The van der Waals surface area contributed by atoms with Gasteiger partial charge in [-0.2, -0.15) is 4.98 Å². The Morgan fingerprint density at radius 1 is 1.67 bits per heavy atom. The summed E-state index contributed by atoms with van der Waals surface area (Å²) in [5.41, 5.74) is 0. The zero-order valence-electron chi connectivity index (χ0n) is 9.40. The molecule has 18 heavy (non-hydrogen) atoms. The van der Waals surface area contributed by atoms with Crippen molar-refractivity contribution in [1.82, 2.24) is 20.4 Å². The second kappa shape index (κ2) is 5.71. The molecule has 1 aromatic rings. The molecule has 98 valence electrons. The Morgan fingerprint density at radius 3 is 3.17 bits per heavy atom. The van der Waals surface area contributed by atoms with Gasteiger partial charge in [0.2, 0.25) is 6.39 Å². The molecule has 1 saturated heterocycles. The van der Waals surface area contributed by atoms with E-state index in [-0.39, 0.29) is 6.03 Å². The zero-order chi connectivity index (χ0) is 13.0. The van der Waals surface area contributed by atoms with Crippen LogP contribution in [0.5, 0.6) is 0 Å². The van der Waals surface area contributed by atoms with E-state index in [1.807, 2.05) is 0 Å². The standard InChI is InChI=1S/C9H12N4O4S/c14-8(15)6-3-18-5-13(6)9(16)10-2-1-7-11-4-17-12-7/h4,6H,1-3,5H2,(H,10,16)(H,14,15). The monoisotopic (exact) mass is 272 g/mol. The molecule has 2 heterocycles. The van der Waals surface area contributed by atoms with Crippen molar-refractivity contribution in [2.45, 2.75) is 12.5 Å². The van der Waals surface area contributed by atoms with Gasteiger partial charge in [-0.1, -0.05) is 5.16 Å². The maximum Gasteiger partial charge on any atom is 0.327 e. The van der Waals surface area contributed by atoms with E-state index in [1.165, 1.54) is 23.1 Å². The molecule has 0 radical (unpaired) electrons. The molecule has 0 saturated carbocycles. The minimum absolute atomic E-state index is 0.339. The van der Waals surface area contributed by atoms with E-state index in [0.29, 0.717) is 30.4 Å². The van der Waals surface area contributed by atoms with Crippen molar-refractivity contribution >= 4 is 23.8 Å². The number of hydrogen-bond acceptors (Lipinski definition) is 6. The quantitative estimate of drug-likeness (QED) is 0.780. The number of nitrogens with one attached hydrogen (secondary N) is 1. The first-order valence-electron chi connectivity index (χ1n) is 5.28. The zero-order valence-corrected chi connectivity index (χ0v) is 10.2. The number of aromatic nitrogens is 2. The molecule has 1 atom stereocenters. The molecule has 8 nitrogen and oxygen atoms in total. The first-order chi connectivity index (χ1) is 8.68. The SMILES string of the molecule is O=C(O)C1CSCN1C(=O)NCCc1ncon1. The molecule has 2 amide bonds. The third-order valence-electron chi connectivity index (χ3n) is 2.46. The van der Waals surface area contributed by atoms with E-state index in [4.69, 9.17) is 5.11 Å². The molecule has 9 heteroatoms. The van der Waals surface area contributed by atoms with Gasteiger partial charge >= 0.3 is 12.0 Å². The van der Waals surface area contributed by atoms with Gasteiger partial charge < -0.3 is 19.8 Å². The largest absolute Gasteiger partial charge is 0.480 e. The normalized spacial score (nSPS) is 18.9. The summed E-state index contributed by atoms with van der Waals surface area (Å²) in [6.45, 7) is 0.339. The molecule has 0 aliphatic carbocycles. The number of carbonyl (C=O) groups excluding carboxylic acids is 1. The van der Waals surface area contributed by atoms with Gasteiger partial charge in [-0.15, -0.1) is 11.8 Å². The van der Waals surface area contributed by atoms with Crippen LogP contribution in [0.25, 0.3) is 0 Å². The van der Waals surface area contributed by atoms with Gasteiger partial charge in [-0.05, 0) is 0 Å². The van der Waals surface area contributed by atoms with Crippen LogP contribution in [0.4, 0.5) is 4.79 Å². The summed E-state index contributed by atoms with van der Waals surface area (Å²) >= 11 is 1.42. The minimum Gasteiger partial charge on any atom is -0.480 e. The molecule has 1 aliphatic rings. The van der Waals surface area contributed by atoms with Crippen molar-refractivity contribution in [3.63, 3.8) is 0 Å². The number of carboxylic acids is 1. The highest BCUT2D eigenvalue weighted by Crippen LogP contribution is 2.20. The number of hydrogen-bond donors (Lipinski definition) is 2. The lowest BCUT2D eigenvalue weighted by Crippen LogP contribution is -2.47. The highest BCUT2D eigenvalue weighted by atomic mass is 32.2. The van der Waals surface area contributed by atoms with E-state index in [9.17, 15) is 9.59 Å². The van der Waals surface area contributed by atoms with Crippen LogP contribution in [0.15, 0.2) is 10.9 Å². The first-order valence-corrected chi connectivity index (χ1v) is 6.44. The van der Waals surface area contributed by atoms with Crippen molar-refractivity contribution in [2.75, 3.05) is 18.2 Å². The number of carbonyl (C=O) groups is 2. The second-order valence-corrected chi connectivity index (χ2v) is 4.65. The Morgan fingerprint density at radius 2 is 2.50 bits per heavy atom. The summed E-state index contributed by atoms with van der Waals surface area (Å²) in [6.07, 6.45) is 1.66. The Balaban J connectivity index is 1.79. The second-order valence-electron chi connectivity index (χ2n) is 3.65. The molecule has 2 N–H and O–H groups in total. The summed E-state index contributed by atoms with van der Waals surface area (Å²) in [5, 5.41) is 15.2. The number of carboxylic acid groups (broad SMARTS) is 1. The Bertz CT molecular complexity index is 424.